The summed E-state index contributed by atoms with van der Waals surface area (Å²) in [6.45, 7) is 6.04. The van der Waals surface area contributed by atoms with Crippen molar-refractivity contribution in [2.24, 2.45) is 0 Å². The van der Waals surface area contributed by atoms with E-state index in [-0.39, 0.29) is 24.0 Å². The smallest absolute Gasteiger partial charge is 0.242 e. The van der Waals surface area contributed by atoms with Gasteiger partial charge in [0, 0.05) is 33.5 Å². The average molecular weight is 522 g/mol. The first-order chi connectivity index (χ1) is 13.7. The number of anilines is 1. The van der Waals surface area contributed by atoms with E-state index in [2.05, 4.69) is 32.5 Å². The van der Waals surface area contributed by atoms with Gasteiger partial charge in [-0.05, 0) is 42.3 Å². The summed E-state index contributed by atoms with van der Waals surface area (Å²) in [6, 6.07) is 10.2. The van der Waals surface area contributed by atoms with Crippen LogP contribution in [0.15, 0.2) is 57.9 Å². The fourth-order valence-corrected chi connectivity index (χ4v) is 5.07. The van der Waals surface area contributed by atoms with Crippen molar-refractivity contribution < 1.29 is 13.5 Å². The van der Waals surface area contributed by atoms with Crippen LogP contribution in [0.5, 0.6) is 0 Å². The summed E-state index contributed by atoms with van der Waals surface area (Å²) in [4.78, 5) is 0.132. The van der Waals surface area contributed by atoms with Crippen LogP contribution in [0.2, 0.25) is 10.0 Å². The van der Waals surface area contributed by atoms with Gasteiger partial charge in [-0.15, -0.1) is 0 Å². The van der Waals surface area contributed by atoms with Gasteiger partial charge in [0.05, 0.1) is 12.3 Å². The molecule has 0 aliphatic carbocycles. The second kappa shape index (κ2) is 10.8. The third-order valence-electron chi connectivity index (χ3n) is 4.32. The first kappa shape index (κ1) is 24.2. The van der Waals surface area contributed by atoms with E-state index in [1.807, 2.05) is 6.92 Å². The topological polar surface area (TPSA) is 78.4 Å². The van der Waals surface area contributed by atoms with E-state index in [1.165, 1.54) is 6.07 Å². The van der Waals surface area contributed by atoms with E-state index in [9.17, 15) is 8.42 Å². The Labute approximate surface area is 190 Å². The number of rotatable bonds is 10. The van der Waals surface area contributed by atoms with Crippen LogP contribution >= 0.6 is 39.1 Å². The molecule has 5 nitrogen and oxygen atoms in total. The number of halogens is 3. The molecule has 0 heterocycles. The van der Waals surface area contributed by atoms with E-state index >= 15 is 0 Å². The van der Waals surface area contributed by atoms with E-state index in [4.69, 9.17) is 28.3 Å². The monoisotopic (exact) mass is 520 g/mol. The van der Waals surface area contributed by atoms with Gasteiger partial charge in [-0.2, -0.15) is 0 Å². The number of sulfonamides is 1. The molecule has 2 aromatic rings. The lowest BCUT2D eigenvalue weighted by molar-refractivity contribution is 0.327. The van der Waals surface area contributed by atoms with Crippen LogP contribution in [0.4, 0.5) is 5.69 Å². The summed E-state index contributed by atoms with van der Waals surface area (Å²) >= 11 is 15.9. The Morgan fingerprint density at radius 3 is 2.52 bits per heavy atom. The number of aliphatic hydroxyl groups excluding tert-OH is 1. The molecule has 2 aromatic carbocycles. The maximum Gasteiger partial charge on any atom is 0.242 e. The van der Waals surface area contributed by atoms with Crippen molar-refractivity contribution in [2.45, 2.75) is 24.2 Å². The Morgan fingerprint density at radius 2 is 1.90 bits per heavy atom. The van der Waals surface area contributed by atoms with Gasteiger partial charge in [0.1, 0.15) is 4.90 Å². The first-order valence-corrected chi connectivity index (χ1v) is 11.9. The minimum atomic E-state index is -3.75. The average Bonchev–Trinajstić information content (AvgIpc) is 2.65. The number of nitrogens with one attached hydrogen (secondary N) is 2. The van der Waals surface area contributed by atoms with E-state index in [0.29, 0.717) is 34.3 Å². The lowest BCUT2D eigenvalue weighted by Gasteiger charge is -2.19. The van der Waals surface area contributed by atoms with Gasteiger partial charge in [-0.3, -0.25) is 0 Å². The largest absolute Gasteiger partial charge is 0.392 e. The predicted octanol–water partition coefficient (Wildman–Crippen LogP) is 5.19. The summed E-state index contributed by atoms with van der Waals surface area (Å²) in [6.07, 6.45) is 0.358. The van der Waals surface area contributed by atoms with Gasteiger partial charge in [0.25, 0.3) is 0 Å². The van der Waals surface area contributed by atoms with Crippen LogP contribution in [-0.4, -0.2) is 33.2 Å². The van der Waals surface area contributed by atoms with Crippen molar-refractivity contribution in [1.82, 2.24) is 4.72 Å². The highest BCUT2D eigenvalue weighted by Crippen LogP contribution is 2.32. The molecule has 1 atom stereocenters. The highest BCUT2D eigenvalue weighted by atomic mass is 79.9. The Balaban J connectivity index is 2.19. The minimum Gasteiger partial charge on any atom is -0.392 e. The van der Waals surface area contributed by atoms with Gasteiger partial charge >= 0.3 is 0 Å². The molecule has 0 spiro atoms. The van der Waals surface area contributed by atoms with Crippen molar-refractivity contribution >= 4 is 54.8 Å². The fourth-order valence-electron chi connectivity index (χ4n) is 2.74. The molecule has 0 fully saturated rings. The van der Waals surface area contributed by atoms with Gasteiger partial charge in [-0.1, -0.05) is 64.3 Å². The minimum absolute atomic E-state index is 0.0495. The summed E-state index contributed by atoms with van der Waals surface area (Å²) in [5.74, 6) is -0.0495. The van der Waals surface area contributed by atoms with E-state index < -0.39 is 10.0 Å². The predicted molar refractivity (Wildman–Crippen MR) is 124 cm³/mol. The third-order valence-corrected chi connectivity index (χ3v) is 6.99. The highest BCUT2D eigenvalue weighted by molar-refractivity contribution is 9.10. The molecule has 0 amide bonds. The molecular formula is C20H23BrCl2N2O3S. The molecule has 0 aliphatic heterocycles. The fraction of sp³-hybridized carbons (Fsp3) is 0.300. The number of aliphatic hydroxyl groups is 1. The van der Waals surface area contributed by atoms with Crippen molar-refractivity contribution in [3.8, 4) is 0 Å². The van der Waals surface area contributed by atoms with Gasteiger partial charge in [0.2, 0.25) is 10.0 Å². The van der Waals surface area contributed by atoms with Crippen molar-refractivity contribution in [3.63, 3.8) is 0 Å². The van der Waals surface area contributed by atoms with Crippen LogP contribution in [0.1, 0.15) is 24.8 Å². The number of hydrogen-bond acceptors (Lipinski definition) is 4. The Hall–Kier alpha value is -1.09. The Kier molecular flexibility index (Phi) is 9.00. The van der Waals surface area contributed by atoms with E-state index in [1.54, 1.807) is 30.3 Å². The lowest BCUT2D eigenvalue weighted by Crippen LogP contribution is -2.26. The van der Waals surface area contributed by atoms with Crippen LogP contribution in [0, 0.1) is 0 Å². The van der Waals surface area contributed by atoms with Gasteiger partial charge in [0.15, 0.2) is 0 Å². The van der Waals surface area contributed by atoms with Crippen molar-refractivity contribution in [1.29, 1.82) is 0 Å². The Morgan fingerprint density at radius 1 is 1.24 bits per heavy atom. The second-order valence-corrected chi connectivity index (χ2v) is 10.1. The molecule has 2 rings (SSSR count). The normalized spacial score (nSPS) is 12.6. The molecule has 29 heavy (non-hydrogen) atoms. The van der Waals surface area contributed by atoms with Crippen molar-refractivity contribution in [2.75, 3.05) is 25.0 Å². The molecule has 1 unspecified atom stereocenters. The third kappa shape index (κ3) is 6.70. The maximum atomic E-state index is 12.8. The van der Waals surface area contributed by atoms with Crippen LogP contribution in [0.25, 0.3) is 0 Å². The first-order valence-electron chi connectivity index (χ1n) is 8.90. The molecule has 0 aromatic heterocycles. The lowest BCUT2D eigenvalue weighted by atomic mass is 10.0. The zero-order chi connectivity index (χ0) is 21.6. The van der Waals surface area contributed by atoms with Crippen molar-refractivity contribution in [3.05, 3.63) is 68.6 Å². The number of hydrogen-bond donors (Lipinski definition) is 3. The maximum absolute atomic E-state index is 12.8. The molecule has 9 heteroatoms. The van der Waals surface area contributed by atoms with E-state index in [0.717, 1.165) is 10.0 Å². The highest BCUT2D eigenvalue weighted by Gasteiger charge is 2.20. The summed E-state index contributed by atoms with van der Waals surface area (Å²) in [7, 11) is -3.75. The standard InChI is InChI=1S/C20H23BrCl2N2O3S/c1-13(12-26)8-9-25-29(27,28)19-7-6-15(21)10-18(19)24-11-14(2)20-16(22)4-3-5-17(20)23/h3-7,10,14,24-26H,1,8-9,11-12H2,2H3. The molecule has 0 saturated heterocycles. The molecule has 158 valence electrons. The summed E-state index contributed by atoms with van der Waals surface area (Å²) in [5, 5.41) is 13.3. The molecule has 0 saturated carbocycles. The van der Waals surface area contributed by atoms with Crippen LogP contribution in [-0.2, 0) is 10.0 Å². The molecule has 3 N–H and O–H groups in total. The van der Waals surface area contributed by atoms with Crippen LogP contribution in [0.3, 0.4) is 0 Å². The molecule has 0 bridgehead atoms. The zero-order valence-corrected chi connectivity index (χ0v) is 19.8. The second-order valence-electron chi connectivity index (χ2n) is 6.61. The Bertz CT molecular complexity index is 963. The van der Waals surface area contributed by atoms with Gasteiger partial charge < -0.3 is 10.4 Å². The quantitative estimate of drug-likeness (QED) is 0.376. The molecular weight excluding hydrogens is 499 g/mol. The SMILES string of the molecule is C=C(CO)CCNS(=O)(=O)c1ccc(Br)cc1NCC(C)c1c(Cl)cccc1Cl. The molecule has 0 radical (unpaired) electrons. The molecule has 0 aliphatic rings. The summed E-state index contributed by atoms with van der Waals surface area (Å²) < 4.78 is 28.8. The zero-order valence-electron chi connectivity index (χ0n) is 15.9. The summed E-state index contributed by atoms with van der Waals surface area (Å²) in [5.41, 5.74) is 1.83. The van der Waals surface area contributed by atoms with Gasteiger partial charge in [-0.25, -0.2) is 13.1 Å². The van der Waals surface area contributed by atoms with Crippen LogP contribution < -0.4 is 10.0 Å². The number of benzene rings is 2.